The molecule has 4 nitrogen and oxygen atoms in total. The van der Waals surface area contributed by atoms with E-state index in [0.29, 0.717) is 18.5 Å². The van der Waals surface area contributed by atoms with Crippen molar-refractivity contribution >= 4 is 16.6 Å². The maximum atomic E-state index is 9.35. The number of hydrogen-bond acceptors (Lipinski definition) is 4. The van der Waals surface area contributed by atoms with Crippen LogP contribution in [0.15, 0.2) is 30.5 Å². The van der Waals surface area contributed by atoms with E-state index in [4.69, 9.17) is 5.26 Å². The average molecular weight is 264 g/mol. The van der Waals surface area contributed by atoms with Crippen LogP contribution in [0.4, 0.5) is 5.69 Å². The number of anilines is 1. The monoisotopic (exact) mass is 264 g/mol. The molecule has 0 aliphatic heterocycles. The third-order valence-corrected chi connectivity index (χ3v) is 3.24. The predicted octanol–water partition coefficient (Wildman–Crippen LogP) is 3.23. The number of para-hydroxylation sites is 1. The van der Waals surface area contributed by atoms with Gasteiger partial charge in [0, 0.05) is 24.2 Å². The van der Waals surface area contributed by atoms with Crippen LogP contribution in [0, 0.1) is 22.7 Å². The van der Waals surface area contributed by atoms with E-state index in [2.05, 4.69) is 35.9 Å². The molecule has 0 radical (unpaired) electrons. The van der Waals surface area contributed by atoms with Crippen LogP contribution in [0.5, 0.6) is 0 Å². The standard InChI is InChI=1S/C16H16N4/c1-12(2)20(9-5-8-17)16-13(10-18)11-19-15-7-4-3-6-14(15)16/h3-4,6-7,11-12H,5,9H2,1-2H3. The first-order valence-corrected chi connectivity index (χ1v) is 6.60. The lowest BCUT2D eigenvalue weighted by Gasteiger charge is -2.30. The van der Waals surface area contributed by atoms with Gasteiger partial charge in [0.05, 0.1) is 29.3 Å². The number of hydrogen-bond donors (Lipinski definition) is 0. The topological polar surface area (TPSA) is 63.7 Å². The zero-order valence-electron chi connectivity index (χ0n) is 11.7. The minimum absolute atomic E-state index is 0.209. The normalized spacial score (nSPS) is 10.2. The number of benzene rings is 1. The molecule has 0 atom stereocenters. The van der Waals surface area contributed by atoms with Gasteiger partial charge in [-0.2, -0.15) is 10.5 Å². The molecule has 0 bridgehead atoms. The number of nitrogens with zero attached hydrogens (tertiary/aromatic N) is 4. The molecule has 0 aliphatic rings. The van der Waals surface area contributed by atoms with E-state index in [1.807, 2.05) is 24.3 Å². The van der Waals surface area contributed by atoms with Gasteiger partial charge in [0.25, 0.3) is 0 Å². The second-order valence-electron chi connectivity index (χ2n) is 4.84. The van der Waals surface area contributed by atoms with Crippen LogP contribution < -0.4 is 4.90 Å². The molecule has 2 aromatic rings. The van der Waals surface area contributed by atoms with Crippen LogP contribution >= 0.6 is 0 Å². The van der Waals surface area contributed by atoms with Crippen molar-refractivity contribution in [1.29, 1.82) is 10.5 Å². The molecule has 0 spiro atoms. The molecule has 0 aliphatic carbocycles. The van der Waals surface area contributed by atoms with Gasteiger partial charge < -0.3 is 4.90 Å². The summed E-state index contributed by atoms with van der Waals surface area (Å²) in [5.74, 6) is 0. The van der Waals surface area contributed by atoms with E-state index in [1.165, 1.54) is 0 Å². The maximum absolute atomic E-state index is 9.35. The molecular formula is C16H16N4. The Bertz CT molecular complexity index is 692. The van der Waals surface area contributed by atoms with Gasteiger partial charge >= 0.3 is 0 Å². The summed E-state index contributed by atoms with van der Waals surface area (Å²) in [5, 5.41) is 19.1. The van der Waals surface area contributed by atoms with Crippen LogP contribution in [-0.4, -0.2) is 17.6 Å². The fraction of sp³-hybridized carbons (Fsp3) is 0.312. The number of rotatable bonds is 4. The Morgan fingerprint density at radius 3 is 2.65 bits per heavy atom. The predicted molar refractivity (Wildman–Crippen MR) is 79.2 cm³/mol. The van der Waals surface area contributed by atoms with E-state index in [0.717, 1.165) is 16.6 Å². The van der Waals surface area contributed by atoms with E-state index in [1.54, 1.807) is 6.20 Å². The quantitative estimate of drug-likeness (QED) is 0.850. The number of nitriles is 2. The molecule has 4 heteroatoms. The van der Waals surface area contributed by atoms with Gasteiger partial charge in [-0.05, 0) is 19.9 Å². The van der Waals surface area contributed by atoms with Gasteiger partial charge in [-0.15, -0.1) is 0 Å². The zero-order chi connectivity index (χ0) is 14.5. The van der Waals surface area contributed by atoms with Crippen molar-refractivity contribution in [2.75, 3.05) is 11.4 Å². The lowest BCUT2D eigenvalue weighted by Crippen LogP contribution is -2.32. The van der Waals surface area contributed by atoms with Gasteiger partial charge in [-0.25, -0.2) is 0 Å². The van der Waals surface area contributed by atoms with Crippen molar-refractivity contribution in [3.05, 3.63) is 36.0 Å². The molecule has 2 rings (SSSR count). The Labute approximate surface area is 118 Å². The highest BCUT2D eigenvalue weighted by Gasteiger charge is 2.18. The minimum Gasteiger partial charge on any atom is -0.366 e. The highest BCUT2D eigenvalue weighted by atomic mass is 15.2. The van der Waals surface area contributed by atoms with Gasteiger partial charge in [-0.1, -0.05) is 18.2 Å². The highest BCUT2D eigenvalue weighted by molar-refractivity contribution is 5.94. The first-order chi connectivity index (χ1) is 9.69. The van der Waals surface area contributed by atoms with Crippen molar-refractivity contribution in [3.63, 3.8) is 0 Å². The molecule has 0 saturated heterocycles. The molecule has 1 heterocycles. The molecule has 0 unspecified atom stereocenters. The molecule has 0 N–H and O–H groups in total. The summed E-state index contributed by atoms with van der Waals surface area (Å²) in [5.41, 5.74) is 2.29. The molecule has 100 valence electrons. The molecule has 1 aromatic heterocycles. The summed E-state index contributed by atoms with van der Waals surface area (Å²) in [6.07, 6.45) is 2.04. The van der Waals surface area contributed by atoms with Crippen molar-refractivity contribution in [1.82, 2.24) is 4.98 Å². The number of pyridine rings is 1. The SMILES string of the molecule is CC(C)N(CCC#N)c1c(C#N)cnc2ccccc12. The van der Waals surface area contributed by atoms with E-state index in [9.17, 15) is 5.26 Å². The van der Waals surface area contributed by atoms with Gasteiger partial charge in [0.15, 0.2) is 0 Å². The van der Waals surface area contributed by atoms with Gasteiger partial charge in [0.1, 0.15) is 6.07 Å². The van der Waals surface area contributed by atoms with Crippen molar-refractivity contribution in [2.45, 2.75) is 26.3 Å². The second kappa shape index (κ2) is 6.04. The molecule has 0 saturated carbocycles. The molecule has 0 amide bonds. The third kappa shape index (κ3) is 2.55. The molecule has 0 fully saturated rings. The maximum Gasteiger partial charge on any atom is 0.103 e. The zero-order valence-corrected chi connectivity index (χ0v) is 11.7. The summed E-state index contributed by atoms with van der Waals surface area (Å²) in [7, 11) is 0. The Morgan fingerprint density at radius 1 is 1.25 bits per heavy atom. The van der Waals surface area contributed by atoms with Crippen LogP contribution in [0.25, 0.3) is 10.9 Å². The Balaban J connectivity index is 2.66. The van der Waals surface area contributed by atoms with Crippen LogP contribution in [0.1, 0.15) is 25.8 Å². The summed E-state index contributed by atoms with van der Waals surface area (Å²) < 4.78 is 0. The van der Waals surface area contributed by atoms with Gasteiger partial charge in [-0.3, -0.25) is 4.98 Å². The molecule has 1 aromatic carbocycles. The van der Waals surface area contributed by atoms with Crippen molar-refractivity contribution in [3.8, 4) is 12.1 Å². The van der Waals surface area contributed by atoms with E-state index >= 15 is 0 Å². The lowest BCUT2D eigenvalue weighted by molar-refractivity contribution is 0.688. The fourth-order valence-electron chi connectivity index (χ4n) is 2.32. The van der Waals surface area contributed by atoms with E-state index < -0.39 is 0 Å². The van der Waals surface area contributed by atoms with Gasteiger partial charge in [0.2, 0.25) is 0 Å². The van der Waals surface area contributed by atoms with Crippen molar-refractivity contribution in [2.24, 2.45) is 0 Å². The second-order valence-corrected chi connectivity index (χ2v) is 4.84. The first-order valence-electron chi connectivity index (χ1n) is 6.60. The first kappa shape index (κ1) is 13.8. The number of aromatic nitrogens is 1. The Kier molecular flexibility index (Phi) is 4.17. The third-order valence-electron chi connectivity index (χ3n) is 3.24. The summed E-state index contributed by atoms with van der Waals surface area (Å²) >= 11 is 0. The average Bonchev–Trinajstić information content (AvgIpc) is 2.47. The summed E-state index contributed by atoms with van der Waals surface area (Å²) in [6.45, 7) is 4.73. The number of fused-ring (bicyclic) bond motifs is 1. The summed E-state index contributed by atoms with van der Waals surface area (Å²) in [4.78, 5) is 6.42. The molecule has 20 heavy (non-hydrogen) atoms. The Morgan fingerprint density at radius 2 is 2.00 bits per heavy atom. The van der Waals surface area contributed by atoms with Crippen molar-refractivity contribution < 1.29 is 0 Å². The fourth-order valence-corrected chi connectivity index (χ4v) is 2.32. The largest absolute Gasteiger partial charge is 0.366 e. The minimum atomic E-state index is 0.209. The van der Waals surface area contributed by atoms with Crippen LogP contribution in [0.3, 0.4) is 0 Å². The molecular weight excluding hydrogens is 248 g/mol. The van der Waals surface area contributed by atoms with Crippen LogP contribution in [0.2, 0.25) is 0 Å². The Hall–Kier alpha value is -2.59. The van der Waals surface area contributed by atoms with E-state index in [-0.39, 0.29) is 6.04 Å². The highest BCUT2D eigenvalue weighted by Crippen LogP contribution is 2.30. The van der Waals surface area contributed by atoms with Crippen LogP contribution in [-0.2, 0) is 0 Å². The lowest BCUT2D eigenvalue weighted by atomic mass is 10.1. The smallest absolute Gasteiger partial charge is 0.103 e. The summed E-state index contributed by atoms with van der Waals surface area (Å²) in [6, 6.07) is 12.4.